The summed E-state index contributed by atoms with van der Waals surface area (Å²) in [5.74, 6) is 0.838. The zero-order valence-corrected chi connectivity index (χ0v) is 8.47. The predicted molar refractivity (Wildman–Crippen MR) is 56.1 cm³/mol. The van der Waals surface area contributed by atoms with Gasteiger partial charge in [0, 0.05) is 5.75 Å². The van der Waals surface area contributed by atoms with Crippen LogP contribution >= 0.6 is 24.0 Å². The minimum atomic E-state index is 0.637. The maximum atomic E-state index is 5.23. The van der Waals surface area contributed by atoms with Crippen molar-refractivity contribution >= 4 is 28.4 Å². The van der Waals surface area contributed by atoms with Crippen molar-refractivity contribution in [3.63, 3.8) is 0 Å². The molecule has 0 radical (unpaired) electrons. The molecule has 0 heterocycles. The van der Waals surface area contributed by atoms with Gasteiger partial charge in [0.25, 0.3) is 0 Å². The third-order valence-corrected chi connectivity index (χ3v) is 2.26. The van der Waals surface area contributed by atoms with E-state index in [0.29, 0.717) is 4.38 Å². The molecular formula is C8H14OS2. The molecule has 0 aliphatic heterocycles. The van der Waals surface area contributed by atoms with E-state index in [9.17, 15) is 0 Å². The predicted octanol–water partition coefficient (Wildman–Crippen LogP) is 3.01. The van der Waals surface area contributed by atoms with Gasteiger partial charge in [0.1, 0.15) is 0 Å². The summed E-state index contributed by atoms with van der Waals surface area (Å²) >= 11 is 6.44. The average molecular weight is 190 g/mol. The van der Waals surface area contributed by atoms with E-state index in [4.69, 9.17) is 17.0 Å². The summed E-state index contributed by atoms with van der Waals surface area (Å²) in [6.07, 6.45) is 4.05. The highest BCUT2D eigenvalue weighted by Gasteiger charge is 1.94. The second-order valence-corrected chi connectivity index (χ2v) is 3.67. The third-order valence-electron chi connectivity index (χ3n) is 1.04. The first-order valence-electron chi connectivity index (χ1n) is 3.71. The fourth-order valence-corrected chi connectivity index (χ4v) is 1.18. The quantitative estimate of drug-likeness (QED) is 0.375. The summed E-state index contributed by atoms with van der Waals surface area (Å²) < 4.78 is 5.87. The van der Waals surface area contributed by atoms with Gasteiger partial charge in [0.15, 0.2) is 0 Å². The molecule has 0 aliphatic rings. The molecule has 0 spiro atoms. The standard InChI is InChI=1S/C8H14OS2/c1-3-5-6-9-8(10)11-7-4-2/h4H,2-3,5-7H2,1H3. The van der Waals surface area contributed by atoms with Gasteiger partial charge in [-0.3, -0.25) is 0 Å². The van der Waals surface area contributed by atoms with Crippen LogP contribution in [0.25, 0.3) is 0 Å². The maximum absolute atomic E-state index is 5.23. The number of hydrogen-bond donors (Lipinski definition) is 0. The van der Waals surface area contributed by atoms with Crippen LogP contribution in [-0.4, -0.2) is 16.7 Å². The molecule has 0 saturated carbocycles. The van der Waals surface area contributed by atoms with Crippen LogP contribution in [0, 0.1) is 0 Å². The molecule has 0 aromatic rings. The molecule has 0 atom stereocenters. The molecule has 0 aromatic heterocycles. The van der Waals surface area contributed by atoms with Gasteiger partial charge in [0.2, 0.25) is 4.38 Å². The van der Waals surface area contributed by atoms with E-state index in [1.165, 1.54) is 11.8 Å². The Bertz CT molecular complexity index is 123. The lowest BCUT2D eigenvalue weighted by atomic mass is 10.4. The lowest BCUT2D eigenvalue weighted by Gasteiger charge is -2.03. The summed E-state index contributed by atoms with van der Waals surface area (Å²) in [5.41, 5.74) is 0. The lowest BCUT2D eigenvalue weighted by molar-refractivity contribution is 0.313. The first-order chi connectivity index (χ1) is 5.31. The largest absolute Gasteiger partial charge is 0.479 e. The van der Waals surface area contributed by atoms with E-state index >= 15 is 0 Å². The van der Waals surface area contributed by atoms with Crippen molar-refractivity contribution < 1.29 is 4.74 Å². The van der Waals surface area contributed by atoms with Crippen LogP contribution in [0.15, 0.2) is 12.7 Å². The summed E-state index contributed by atoms with van der Waals surface area (Å²) in [5, 5.41) is 0. The first kappa shape index (κ1) is 11.0. The third kappa shape index (κ3) is 7.88. The molecule has 0 N–H and O–H groups in total. The highest BCUT2D eigenvalue weighted by atomic mass is 32.2. The molecule has 64 valence electrons. The van der Waals surface area contributed by atoms with Crippen LogP contribution in [0.3, 0.4) is 0 Å². The van der Waals surface area contributed by atoms with Crippen LogP contribution in [0.5, 0.6) is 0 Å². The summed E-state index contributed by atoms with van der Waals surface area (Å²) in [4.78, 5) is 0. The minimum Gasteiger partial charge on any atom is -0.479 e. The molecule has 0 fully saturated rings. The number of ether oxygens (including phenoxy) is 1. The van der Waals surface area contributed by atoms with E-state index in [1.54, 1.807) is 0 Å². The van der Waals surface area contributed by atoms with Crippen molar-refractivity contribution in [2.75, 3.05) is 12.4 Å². The molecule has 0 saturated heterocycles. The first-order valence-corrected chi connectivity index (χ1v) is 5.11. The topological polar surface area (TPSA) is 9.23 Å². The number of hydrogen-bond acceptors (Lipinski definition) is 3. The van der Waals surface area contributed by atoms with Crippen molar-refractivity contribution in [1.82, 2.24) is 0 Å². The van der Waals surface area contributed by atoms with E-state index in [1.807, 2.05) is 6.08 Å². The van der Waals surface area contributed by atoms with Crippen LogP contribution in [0.2, 0.25) is 0 Å². The molecule has 0 aliphatic carbocycles. The Morgan fingerprint density at radius 2 is 2.45 bits per heavy atom. The van der Waals surface area contributed by atoms with Crippen LogP contribution in [-0.2, 0) is 4.74 Å². The van der Waals surface area contributed by atoms with Crippen molar-refractivity contribution in [2.45, 2.75) is 19.8 Å². The SMILES string of the molecule is C=CCSC(=S)OCCCC. The highest BCUT2D eigenvalue weighted by molar-refractivity contribution is 8.22. The van der Waals surface area contributed by atoms with E-state index in [0.717, 1.165) is 25.2 Å². The Morgan fingerprint density at radius 3 is 3.00 bits per heavy atom. The highest BCUT2D eigenvalue weighted by Crippen LogP contribution is 2.06. The number of rotatable bonds is 5. The molecule has 0 amide bonds. The van der Waals surface area contributed by atoms with E-state index in [-0.39, 0.29) is 0 Å². The van der Waals surface area contributed by atoms with E-state index < -0.39 is 0 Å². The van der Waals surface area contributed by atoms with Crippen molar-refractivity contribution in [3.05, 3.63) is 12.7 Å². The van der Waals surface area contributed by atoms with Gasteiger partial charge in [-0.1, -0.05) is 31.2 Å². The molecule has 3 heteroatoms. The second kappa shape index (κ2) is 8.08. The molecule has 1 nitrogen and oxygen atoms in total. The Hall–Kier alpha value is -0.0200. The Kier molecular flexibility index (Phi) is 8.07. The zero-order valence-electron chi connectivity index (χ0n) is 6.84. The number of thiocarbonyl (C=S) groups is 1. The smallest absolute Gasteiger partial charge is 0.220 e. The molecule has 0 unspecified atom stereocenters. The average Bonchev–Trinajstić information content (AvgIpc) is 2.01. The number of unbranched alkanes of at least 4 members (excludes halogenated alkanes) is 1. The molecule has 0 aromatic carbocycles. The van der Waals surface area contributed by atoms with Crippen LogP contribution in [0.1, 0.15) is 19.8 Å². The van der Waals surface area contributed by atoms with Gasteiger partial charge >= 0.3 is 0 Å². The second-order valence-electron chi connectivity index (χ2n) is 2.05. The van der Waals surface area contributed by atoms with Gasteiger partial charge < -0.3 is 4.74 Å². The molecule has 11 heavy (non-hydrogen) atoms. The van der Waals surface area contributed by atoms with Gasteiger partial charge in [-0.05, 0) is 18.6 Å². The monoisotopic (exact) mass is 190 g/mol. The Balaban J connectivity index is 3.15. The normalized spacial score (nSPS) is 9.18. The van der Waals surface area contributed by atoms with Gasteiger partial charge in [-0.15, -0.1) is 6.58 Å². The van der Waals surface area contributed by atoms with Crippen molar-refractivity contribution in [2.24, 2.45) is 0 Å². The van der Waals surface area contributed by atoms with E-state index in [2.05, 4.69) is 13.5 Å². The van der Waals surface area contributed by atoms with Gasteiger partial charge in [-0.2, -0.15) is 0 Å². The molecule has 0 bridgehead atoms. The Labute approximate surface area is 78.2 Å². The van der Waals surface area contributed by atoms with Gasteiger partial charge in [0.05, 0.1) is 6.61 Å². The van der Waals surface area contributed by atoms with Crippen molar-refractivity contribution in [3.8, 4) is 0 Å². The van der Waals surface area contributed by atoms with Crippen LogP contribution < -0.4 is 0 Å². The summed E-state index contributed by atoms with van der Waals surface area (Å²) in [6, 6.07) is 0. The van der Waals surface area contributed by atoms with Crippen molar-refractivity contribution in [1.29, 1.82) is 0 Å². The summed E-state index contributed by atoms with van der Waals surface area (Å²) in [7, 11) is 0. The Morgan fingerprint density at radius 1 is 1.73 bits per heavy atom. The zero-order chi connectivity index (χ0) is 8.53. The minimum absolute atomic E-state index is 0.637. The van der Waals surface area contributed by atoms with Crippen LogP contribution in [0.4, 0.5) is 0 Å². The fraction of sp³-hybridized carbons (Fsp3) is 0.625. The lowest BCUT2D eigenvalue weighted by Crippen LogP contribution is -1.98. The fourth-order valence-electron chi connectivity index (χ4n) is 0.468. The van der Waals surface area contributed by atoms with Gasteiger partial charge in [-0.25, -0.2) is 0 Å². The summed E-state index contributed by atoms with van der Waals surface area (Å²) in [6.45, 7) is 6.47. The molecular weight excluding hydrogens is 176 g/mol. The molecule has 0 rings (SSSR count). The maximum Gasteiger partial charge on any atom is 0.220 e. The number of thioether (sulfide) groups is 1.